The molecule has 0 aliphatic rings. The van der Waals surface area contributed by atoms with Gasteiger partial charge in [-0.15, -0.1) is 11.3 Å². The third kappa shape index (κ3) is 3.78. The van der Waals surface area contributed by atoms with Crippen LogP contribution in [0, 0.1) is 18.8 Å². The van der Waals surface area contributed by atoms with E-state index in [4.69, 9.17) is 28.9 Å². The predicted octanol–water partition coefficient (Wildman–Crippen LogP) is 3.93. The van der Waals surface area contributed by atoms with E-state index in [1.807, 2.05) is 6.92 Å². The Labute approximate surface area is 137 Å². The molecular formula is C15H12Cl2N2OS. The summed E-state index contributed by atoms with van der Waals surface area (Å²) in [6.45, 7) is 2.19. The second-order valence-electron chi connectivity index (χ2n) is 4.18. The maximum absolute atomic E-state index is 12.2. The van der Waals surface area contributed by atoms with Gasteiger partial charge in [0, 0.05) is 0 Å². The van der Waals surface area contributed by atoms with Crippen LogP contribution in [0.4, 0.5) is 5.69 Å². The molecule has 2 aromatic rings. The molecule has 0 saturated carbocycles. The summed E-state index contributed by atoms with van der Waals surface area (Å²) >= 11 is 13.3. The zero-order valence-electron chi connectivity index (χ0n) is 11.2. The van der Waals surface area contributed by atoms with Crippen LogP contribution < -0.4 is 11.1 Å². The van der Waals surface area contributed by atoms with Gasteiger partial charge in [0.15, 0.2) is 0 Å². The van der Waals surface area contributed by atoms with Crippen LogP contribution in [0.5, 0.6) is 0 Å². The molecule has 1 aromatic heterocycles. The smallest absolute Gasteiger partial charge is 0.265 e. The van der Waals surface area contributed by atoms with Crippen molar-refractivity contribution in [3.05, 3.63) is 49.6 Å². The molecule has 1 amide bonds. The molecule has 1 heterocycles. The van der Waals surface area contributed by atoms with Crippen LogP contribution in [-0.2, 0) is 0 Å². The van der Waals surface area contributed by atoms with Crippen LogP contribution >= 0.6 is 34.5 Å². The van der Waals surface area contributed by atoms with Gasteiger partial charge in [0.05, 0.1) is 32.0 Å². The number of aryl methyl sites for hydroxylation is 1. The van der Waals surface area contributed by atoms with Crippen LogP contribution in [0.2, 0.25) is 10.0 Å². The van der Waals surface area contributed by atoms with Crippen molar-refractivity contribution in [2.75, 3.05) is 11.9 Å². The number of hydrogen-bond donors (Lipinski definition) is 2. The summed E-state index contributed by atoms with van der Waals surface area (Å²) in [6, 6.07) is 6.87. The number of thiophene rings is 1. The average molecular weight is 339 g/mol. The zero-order chi connectivity index (χ0) is 15.4. The molecule has 1 aromatic carbocycles. The van der Waals surface area contributed by atoms with Gasteiger partial charge in [-0.1, -0.05) is 41.1 Å². The van der Waals surface area contributed by atoms with Crippen LogP contribution in [0.3, 0.4) is 0 Å². The molecule has 0 bridgehead atoms. The fourth-order valence-electron chi connectivity index (χ4n) is 1.63. The van der Waals surface area contributed by atoms with Crippen LogP contribution in [-0.4, -0.2) is 12.5 Å². The molecule has 108 valence electrons. The summed E-state index contributed by atoms with van der Waals surface area (Å²) in [5.74, 6) is 5.49. The number of amides is 1. The molecule has 3 N–H and O–H groups in total. The lowest BCUT2D eigenvalue weighted by molar-refractivity contribution is 0.103. The van der Waals surface area contributed by atoms with Gasteiger partial charge in [0.25, 0.3) is 5.91 Å². The lowest BCUT2D eigenvalue weighted by Gasteiger charge is -2.06. The Morgan fingerprint density at radius 1 is 1.43 bits per heavy atom. The zero-order valence-corrected chi connectivity index (χ0v) is 13.5. The van der Waals surface area contributed by atoms with E-state index in [9.17, 15) is 4.79 Å². The first kappa shape index (κ1) is 15.9. The largest absolute Gasteiger partial charge is 0.320 e. The number of halogens is 2. The Hall–Kier alpha value is -1.51. The number of hydrogen-bond acceptors (Lipinski definition) is 3. The van der Waals surface area contributed by atoms with E-state index in [1.165, 1.54) is 11.3 Å². The first-order valence-corrected chi connectivity index (χ1v) is 7.65. The fraction of sp³-hybridized carbons (Fsp3) is 0.133. The van der Waals surface area contributed by atoms with Crippen molar-refractivity contribution in [2.24, 2.45) is 5.73 Å². The van der Waals surface area contributed by atoms with Gasteiger partial charge in [-0.3, -0.25) is 4.79 Å². The maximum Gasteiger partial charge on any atom is 0.265 e. The molecule has 0 saturated heterocycles. The van der Waals surface area contributed by atoms with Crippen molar-refractivity contribution in [1.29, 1.82) is 0 Å². The van der Waals surface area contributed by atoms with E-state index in [0.717, 1.165) is 10.4 Å². The van der Waals surface area contributed by atoms with Crippen LogP contribution in [0.25, 0.3) is 0 Å². The minimum atomic E-state index is -0.243. The van der Waals surface area contributed by atoms with Crippen molar-refractivity contribution in [2.45, 2.75) is 6.92 Å². The van der Waals surface area contributed by atoms with Gasteiger partial charge in [-0.05, 0) is 30.7 Å². The van der Waals surface area contributed by atoms with Crippen molar-refractivity contribution in [1.82, 2.24) is 0 Å². The molecule has 3 nitrogen and oxygen atoms in total. The maximum atomic E-state index is 12.2. The van der Waals surface area contributed by atoms with E-state index in [0.29, 0.717) is 20.6 Å². The van der Waals surface area contributed by atoms with Gasteiger partial charge in [-0.2, -0.15) is 0 Å². The number of benzene rings is 1. The standard InChI is InChI=1S/C15H12Cl2N2OS/c1-9-8-13(21-12(9)6-3-7-18)15(20)19-11-5-2-4-10(16)14(11)17/h2,4-5,8H,7,18H2,1H3,(H,19,20). The number of rotatable bonds is 2. The molecular weight excluding hydrogens is 327 g/mol. The van der Waals surface area contributed by atoms with Gasteiger partial charge in [0.2, 0.25) is 0 Å². The number of anilines is 1. The van der Waals surface area contributed by atoms with Gasteiger partial charge in [-0.25, -0.2) is 0 Å². The lowest BCUT2D eigenvalue weighted by Crippen LogP contribution is -2.10. The number of carbonyl (C=O) groups excluding carboxylic acids is 1. The molecule has 0 unspecified atom stereocenters. The second-order valence-corrected chi connectivity index (χ2v) is 6.02. The highest BCUT2D eigenvalue weighted by Crippen LogP contribution is 2.30. The Balaban J connectivity index is 2.23. The summed E-state index contributed by atoms with van der Waals surface area (Å²) in [6.07, 6.45) is 0. The number of nitrogens with two attached hydrogens (primary N) is 1. The molecule has 2 rings (SSSR count). The van der Waals surface area contributed by atoms with E-state index in [2.05, 4.69) is 17.2 Å². The Morgan fingerprint density at radius 3 is 2.90 bits per heavy atom. The minimum absolute atomic E-state index is 0.243. The average Bonchev–Trinajstić information content (AvgIpc) is 2.83. The molecule has 21 heavy (non-hydrogen) atoms. The lowest BCUT2D eigenvalue weighted by atomic mass is 10.2. The molecule has 0 radical (unpaired) electrons. The monoisotopic (exact) mass is 338 g/mol. The van der Waals surface area contributed by atoms with Crippen molar-refractivity contribution in [3.8, 4) is 11.8 Å². The van der Waals surface area contributed by atoms with E-state index >= 15 is 0 Å². The summed E-state index contributed by atoms with van der Waals surface area (Å²) in [5, 5.41) is 3.46. The first-order valence-electron chi connectivity index (χ1n) is 6.07. The molecule has 0 aliphatic carbocycles. The predicted molar refractivity (Wildman–Crippen MR) is 89.4 cm³/mol. The molecule has 0 aliphatic heterocycles. The Bertz CT molecular complexity index is 744. The second kappa shape index (κ2) is 6.97. The van der Waals surface area contributed by atoms with E-state index in [-0.39, 0.29) is 12.5 Å². The Morgan fingerprint density at radius 2 is 2.19 bits per heavy atom. The van der Waals surface area contributed by atoms with E-state index in [1.54, 1.807) is 24.3 Å². The summed E-state index contributed by atoms with van der Waals surface area (Å²) in [5.41, 5.74) is 6.78. The minimum Gasteiger partial charge on any atom is -0.320 e. The number of carbonyl (C=O) groups is 1. The van der Waals surface area contributed by atoms with Crippen LogP contribution in [0.15, 0.2) is 24.3 Å². The van der Waals surface area contributed by atoms with Crippen molar-refractivity contribution >= 4 is 46.1 Å². The normalized spacial score (nSPS) is 9.90. The quantitative estimate of drug-likeness (QED) is 0.815. The molecule has 0 fully saturated rings. The topological polar surface area (TPSA) is 55.1 Å². The van der Waals surface area contributed by atoms with Gasteiger partial charge >= 0.3 is 0 Å². The summed E-state index contributed by atoms with van der Waals surface area (Å²) in [7, 11) is 0. The molecule has 0 spiro atoms. The van der Waals surface area contributed by atoms with E-state index < -0.39 is 0 Å². The van der Waals surface area contributed by atoms with Crippen molar-refractivity contribution in [3.63, 3.8) is 0 Å². The highest BCUT2D eigenvalue weighted by Gasteiger charge is 2.14. The molecule has 0 atom stereocenters. The first-order chi connectivity index (χ1) is 10.0. The fourth-order valence-corrected chi connectivity index (χ4v) is 2.92. The SMILES string of the molecule is Cc1cc(C(=O)Nc2cccc(Cl)c2Cl)sc1C#CCN. The summed E-state index contributed by atoms with van der Waals surface area (Å²) in [4.78, 5) is 13.6. The number of nitrogens with one attached hydrogen (secondary N) is 1. The third-order valence-corrected chi connectivity index (χ3v) is 4.62. The third-order valence-electron chi connectivity index (χ3n) is 2.65. The highest BCUT2D eigenvalue weighted by atomic mass is 35.5. The van der Waals surface area contributed by atoms with Crippen LogP contribution in [0.1, 0.15) is 20.1 Å². The van der Waals surface area contributed by atoms with Crippen molar-refractivity contribution < 1.29 is 4.79 Å². The molecule has 6 heteroatoms. The summed E-state index contributed by atoms with van der Waals surface area (Å²) < 4.78 is 0. The Kier molecular flexibility index (Phi) is 5.27. The van der Waals surface area contributed by atoms with Gasteiger partial charge in [0.1, 0.15) is 0 Å². The van der Waals surface area contributed by atoms with Gasteiger partial charge < -0.3 is 11.1 Å². The highest BCUT2D eigenvalue weighted by molar-refractivity contribution is 7.14.